The summed E-state index contributed by atoms with van der Waals surface area (Å²) in [5.41, 5.74) is 2.63. The molecule has 2 heterocycles. The highest BCUT2D eigenvalue weighted by Crippen LogP contribution is 2.29. The molecule has 1 N–H and O–H groups in total. The molecule has 1 unspecified atom stereocenters. The van der Waals surface area contributed by atoms with Crippen LogP contribution in [0.25, 0.3) is 22.3 Å². The van der Waals surface area contributed by atoms with Crippen LogP contribution in [0.15, 0.2) is 65.8 Å². The molecule has 31 heavy (non-hydrogen) atoms. The zero-order valence-electron chi connectivity index (χ0n) is 17.2. The molecule has 0 aliphatic rings. The minimum atomic E-state index is -0.553. The molecule has 7 nitrogen and oxygen atoms in total. The lowest BCUT2D eigenvalue weighted by Gasteiger charge is -2.15. The summed E-state index contributed by atoms with van der Waals surface area (Å²) in [7, 11) is 1.53. The second-order valence-electron chi connectivity index (χ2n) is 7.08. The molecular weight excluding hydrogens is 418 g/mol. The van der Waals surface area contributed by atoms with E-state index < -0.39 is 6.10 Å². The fraction of sp³-hybridized carbons (Fsp3) is 0.217. The standard InChI is InChI=1S/C23H22ClN3O4/c1-3-19(28)13-31-21-9-8-18(11-22(21)30-2)26-14-25-27-12-16(10-20(27)23(26)29)15-4-6-17(24)7-5-15/h4-12,14,19,28H,3,13H2,1-2H3. The van der Waals surface area contributed by atoms with Crippen molar-refractivity contribution in [3.8, 4) is 28.3 Å². The molecule has 1 atom stereocenters. The summed E-state index contributed by atoms with van der Waals surface area (Å²) < 4.78 is 14.1. The van der Waals surface area contributed by atoms with Gasteiger partial charge in [0.1, 0.15) is 18.5 Å². The van der Waals surface area contributed by atoms with E-state index in [4.69, 9.17) is 21.1 Å². The van der Waals surface area contributed by atoms with Crippen LogP contribution in [0.1, 0.15) is 13.3 Å². The van der Waals surface area contributed by atoms with Gasteiger partial charge in [-0.05, 0) is 42.3 Å². The van der Waals surface area contributed by atoms with E-state index in [1.165, 1.54) is 18.0 Å². The molecule has 0 fully saturated rings. The molecule has 0 bridgehead atoms. The topological polar surface area (TPSA) is 78.0 Å². The Morgan fingerprint density at radius 1 is 1.10 bits per heavy atom. The Morgan fingerprint density at radius 3 is 2.58 bits per heavy atom. The van der Waals surface area contributed by atoms with Gasteiger partial charge in [-0.1, -0.05) is 30.7 Å². The number of aliphatic hydroxyl groups is 1. The van der Waals surface area contributed by atoms with Crippen LogP contribution in [0, 0.1) is 0 Å². The van der Waals surface area contributed by atoms with Gasteiger partial charge in [0.25, 0.3) is 5.56 Å². The minimum Gasteiger partial charge on any atom is -0.493 e. The first-order chi connectivity index (χ1) is 15.0. The second-order valence-corrected chi connectivity index (χ2v) is 7.52. The number of methoxy groups -OCH3 is 1. The predicted octanol–water partition coefficient (Wildman–Crippen LogP) is 3.96. The smallest absolute Gasteiger partial charge is 0.282 e. The predicted molar refractivity (Wildman–Crippen MR) is 120 cm³/mol. The van der Waals surface area contributed by atoms with Crippen LogP contribution >= 0.6 is 11.6 Å². The third-order valence-corrected chi connectivity index (χ3v) is 5.29. The summed E-state index contributed by atoms with van der Waals surface area (Å²) in [6, 6.07) is 14.4. The normalized spacial score (nSPS) is 12.1. The van der Waals surface area contributed by atoms with Crippen LogP contribution in [0.5, 0.6) is 11.5 Å². The van der Waals surface area contributed by atoms with Crippen molar-refractivity contribution in [3.05, 3.63) is 76.4 Å². The van der Waals surface area contributed by atoms with Gasteiger partial charge in [-0.2, -0.15) is 5.10 Å². The largest absolute Gasteiger partial charge is 0.493 e. The number of aromatic nitrogens is 3. The van der Waals surface area contributed by atoms with Gasteiger partial charge in [-0.15, -0.1) is 0 Å². The number of halogens is 1. The third kappa shape index (κ3) is 4.28. The molecule has 0 saturated heterocycles. The Labute approximate surface area is 184 Å². The van der Waals surface area contributed by atoms with Crippen molar-refractivity contribution in [2.24, 2.45) is 0 Å². The molecule has 0 saturated carbocycles. The van der Waals surface area contributed by atoms with E-state index in [1.54, 1.807) is 47.1 Å². The molecule has 160 valence electrons. The quantitative estimate of drug-likeness (QED) is 0.471. The number of ether oxygens (including phenoxy) is 2. The van der Waals surface area contributed by atoms with Gasteiger partial charge in [-0.3, -0.25) is 9.36 Å². The highest BCUT2D eigenvalue weighted by molar-refractivity contribution is 6.30. The van der Waals surface area contributed by atoms with Crippen LogP contribution in [0.2, 0.25) is 5.02 Å². The maximum Gasteiger partial charge on any atom is 0.282 e. The first-order valence-corrected chi connectivity index (χ1v) is 10.2. The zero-order valence-corrected chi connectivity index (χ0v) is 17.9. The fourth-order valence-electron chi connectivity index (χ4n) is 3.20. The highest BCUT2D eigenvalue weighted by Gasteiger charge is 2.13. The van der Waals surface area contributed by atoms with Crippen molar-refractivity contribution in [1.29, 1.82) is 0 Å². The van der Waals surface area contributed by atoms with E-state index in [-0.39, 0.29) is 12.2 Å². The van der Waals surface area contributed by atoms with Crippen molar-refractivity contribution in [1.82, 2.24) is 14.2 Å². The summed E-state index contributed by atoms with van der Waals surface area (Å²) in [5.74, 6) is 0.957. The Balaban J connectivity index is 1.70. The molecule has 4 aromatic rings. The van der Waals surface area contributed by atoms with Crippen molar-refractivity contribution in [2.75, 3.05) is 13.7 Å². The van der Waals surface area contributed by atoms with Crippen molar-refractivity contribution in [3.63, 3.8) is 0 Å². The molecule has 2 aromatic carbocycles. The molecule has 0 spiro atoms. The van der Waals surface area contributed by atoms with E-state index in [9.17, 15) is 9.90 Å². The van der Waals surface area contributed by atoms with E-state index in [0.29, 0.717) is 34.1 Å². The van der Waals surface area contributed by atoms with Gasteiger partial charge in [0.2, 0.25) is 0 Å². The molecule has 0 amide bonds. The second kappa shape index (κ2) is 8.83. The van der Waals surface area contributed by atoms with E-state index in [1.807, 2.05) is 19.1 Å². The van der Waals surface area contributed by atoms with Crippen molar-refractivity contribution >= 4 is 17.1 Å². The molecule has 4 rings (SSSR count). The Hall–Kier alpha value is -3.29. The monoisotopic (exact) mass is 439 g/mol. The lowest BCUT2D eigenvalue weighted by molar-refractivity contribution is 0.102. The molecule has 8 heteroatoms. The lowest BCUT2D eigenvalue weighted by Crippen LogP contribution is -2.21. The van der Waals surface area contributed by atoms with Gasteiger partial charge in [-0.25, -0.2) is 4.52 Å². The summed E-state index contributed by atoms with van der Waals surface area (Å²) in [4.78, 5) is 13.1. The van der Waals surface area contributed by atoms with E-state index in [0.717, 1.165) is 11.1 Å². The van der Waals surface area contributed by atoms with Crippen LogP contribution in [0.4, 0.5) is 0 Å². The summed E-state index contributed by atoms with van der Waals surface area (Å²) >= 11 is 5.97. The number of benzene rings is 2. The van der Waals surface area contributed by atoms with Crippen LogP contribution in [0.3, 0.4) is 0 Å². The number of hydrogen-bond donors (Lipinski definition) is 1. The lowest BCUT2D eigenvalue weighted by atomic mass is 10.1. The average Bonchev–Trinajstić information content (AvgIpc) is 3.23. The molecule has 0 radical (unpaired) electrons. The van der Waals surface area contributed by atoms with Gasteiger partial charge >= 0.3 is 0 Å². The van der Waals surface area contributed by atoms with E-state index in [2.05, 4.69) is 5.10 Å². The summed E-state index contributed by atoms with van der Waals surface area (Å²) in [6.07, 6.45) is 3.32. The number of fused-ring (bicyclic) bond motifs is 1. The number of nitrogens with zero attached hydrogens (tertiary/aromatic N) is 3. The number of aliphatic hydroxyl groups excluding tert-OH is 1. The molecule has 0 aliphatic heterocycles. The molecular formula is C23H22ClN3O4. The van der Waals surface area contributed by atoms with Gasteiger partial charge in [0, 0.05) is 22.8 Å². The number of rotatable bonds is 7. The maximum absolute atomic E-state index is 13.1. The Morgan fingerprint density at radius 2 is 1.87 bits per heavy atom. The maximum atomic E-state index is 13.1. The van der Waals surface area contributed by atoms with Gasteiger partial charge in [0.15, 0.2) is 11.5 Å². The Kier molecular flexibility index (Phi) is 5.97. The highest BCUT2D eigenvalue weighted by atomic mass is 35.5. The average molecular weight is 440 g/mol. The SMILES string of the molecule is CCC(O)COc1ccc(-n2cnn3cc(-c4ccc(Cl)cc4)cc3c2=O)cc1OC. The number of hydrogen-bond acceptors (Lipinski definition) is 5. The van der Waals surface area contributed by atoms with Crippen LogP contribution in [-0.2, 0) is 0 Å². The minimum absolute atomic E-state index is 0.164. The third-order valence-electron chi connectivity index (χ3n) is 5.04. The van der Waals surface area contributed by atoms with E-state index >= 15 is 0 Å². The van der Waals surface area contributed by atoms with Gasteiger partial charge in [0.05, 0.1) is 18.9 Å². The molecule has 0 aliphatic carbocycles. The Bertz CT molecular complexity index is 1260. The summed E-state index contributed by atoms with van der Waals surface area (Å²) in [6.45, 7) is 2.04. The van der Waals surface area contributed by atoms with Crippen LogP contribution in [-0.4, -0.2) is 39.1 Å². The van der Waals surface area contributed by atoms with Crippen LogP contribution < -0.4 is 15.0 Å². The summed E-state index contributed by atoms with van der Waals surface area (Å²) in [5, 5.41) is 14.8. The molecule has 2 aromatic heterocycles. The van der Waals surface area contributed by atoms with Gasteiger partial charge < -0.3 is 14.6 Å². The fourth-order valence-corrected chi connectivity index (χ4v) is 3.33. The first kappa shape index (κ1) is 21.0. The first-order valence-electron chi connectivity index (χ1n) is 9.85. The zero-order chi connectivity index (χ0) is 22.0. The van der Waals surface area contributed by atoms with Crippen molar-refractivity contribution < 1.29 is 14.6 Å². The van der Waals surface area contributed by atoms with Crippen molar-refractivity contribution in [2.45, 2.75) is 19.4 Å².